The Morgan fingerprint density at radius 2 is 0.596 bits per heavy atom. The van der Waals surface area contributed by atoms with Gasteiger partial charge in [0.25, 0.3) is 0 Å². The fourth-order valence-corrected chi connectivity index (χ4v) is 8.80. The molecule has 0 N–H and O–H groups in total. The second-order valence-electron chi connectivity index (χ2n) is 13.9. The molecule has 6 nitrogen and oxygen atoms in total. The molecule has 8 aromatic rings. The Labute approximate surface area is 297 Å². The van der Waals surface area contributed by atoms with E-state index >= 15 is 0 Å². The van der Waals surface area contributed by atoms with Gasteiger partial charge in [-0.05, 0) is 128 Å². The molecular formula is C46H30O6. The monoisotopic (exact) mass is 678 g/mol. The van der Waals surface area contributed by atoms with Crippen LogP contribution in [-0.4, -0.2) is 23.9 Å². The molecule has 250 valence electrons. The molecule has 0 amide bonds. The first kappa shape index (κ1) is 30.4. The van der Waals surface area contributed by atoms with Gasteiger partial charge < -0.3 is 9.47 Å². The van der Waals surface area contributed by atoms with E-state index in [2.05, 4.69) is 94.4 Å². The van der Waals surface area contributed by atoms with Crippen LogP contribution in [0.4, 0.5) is 0 Å². The van der Waals surface area contributed by atoms with E-state index in [9.17, 15) is 19.2 Å². The molecule has 12 rings (SSSR count). The lowest BCUT2D eigenvalue weighted by Gasteiger charge is -2.24. The summed E-state index contributed by atoms with van der Waals surface area (Å²) in [4.78, 5) is 46.9. The molecule has 0 atom stereocenters. The molecule has 0 radical (unpaired) electrons. The van der Waals surface area contributed by atoms with E-state index in [1.165, 1.54) is 95.1 Å². The third-order valence-corrected chi connectivity index (χ3v) is 11.1. The number of esters is 4. The molecule has 0 saturated carbocycles. The zero-order valence-corrected chi connectivity index (χ0v) is 28.1. The van der Waals surface area contributed by atoms with Crippen molar-refractivity contribution in [3.63, 3.8) is 0 Å². The first-order valence-corrected chi connectivity index (χ1v) is 17.7. The second kappa shape index (κ2) is 11.6. The Bertz CT molecular complexity index is 2510. The highest BCUT2D eigenvalue weighted by Crippen LogP contribution is 2.39. The van der Waals surface area contributed by atoms with Crippen LogP contribution in [0.15, 0.2) is 109 Å². The average molecular weight is 679 g/mol. The Balaban J connectivity index is 0.0000000984. The van der Waals surface area contributed by atoms with Gasteiger partial charge in [0.05, 0.1) is 22.3 Å². The molecule has 0 saturated heterocycles. The predicted octanol–water partition coefficient (Wildman–Crippen LogP) is 9.86. The minimum absolute atomic E-state index is 0.155. The highest BCUT2D eigenvalue weighted by Gasteiger charge is 2.35. The van der Waals surface area contributed by atoms with Gasteiger partial charge in [-0.25, -0.2) is 19.2 Å². The van der Waals surface area contributed by atoms with Crippen LogP contribution in [-0.2, 0) is 35.2 Å². The van der Waals surface area contributed by atoms with Crippen LogP contribution >= 0.6 is 0 Å². The van der Waals surface area contributed by atoms with Crippen LogP contribution in [0.5, 0.6) is 0 Å². The Morgan fingerprint density at radius 1 is 0.308 bits per heavy atom. The van der Waals surface area contributed by atoms with E-state index in [1.807, 2.05) is 0 Å². The number of hydrogen-bond acceptors (Lipinski definition) is 6. The van der Waals surface area contributed by atoms with Crippen LogP contribution in [0, 0.1) is 0 Å². The molecule has 0 aromatic heterocycles. The first-order valence-electron chi connectivity index (χ1n) is 17.7. The van der Waals surface area contributed by atoms with Gasteiger partial charge in [-0.1, -0.05) is 84.9 Å². The Morgan fingerprint density at radius 3 is 0.885 bits per heavy atom. The number of carbonyl (C=O) groups is 4. The van der Waals surface area contributed by atoms with Crippen LogP contribution < -0.4 is 0 Å². The number of hydrogen-bond donors (Lipinski definition) is 0. The predicted molar refractivity (Wildman–Crippen MR) is 202 cm³/mol. The van der Waals surface area contributed by atoms with Crippen molar-refractivity contribution in [2.24, 2.45) is 0 Å². The van der Waals surface area contributed by atoms with E-state index < -0.39 is 23.9 Å². The number of ether oxygens (including phenoxy) is 2. The summed E-state index contributed by atoms with van der Waals surface area (Å²) in [6.45, 7) is 0. The van der Waals surface area contributed by atoms with Crippen molar-refractivity contribution >= 4 is 77.7 Å². The first-order chi connectivity index (χ1) is 25.4. The molecule has 0 bridgehead atoms. The highest BCUT2D eigenvalue weighted by molar-refractivity contribution is 6.29. The molecule has 2 aliphatic carbocycles. The largest absolute Gasteiger partial charge is 0.386 e. The summed E-state index contributed by atoms with van der Waals surface area (Å²) < 4.78 is 9.22. The lowest BCUT2D eigenvalue weighted by molar-refractivity contribution is 0.0366. The van der Waals surface area contributed by atoms with Crippen LogP contribution in [0.1, 0.15) is 76.5 Å². The second-order valence-corrected chi connectivity index (χ2v) is 13.9. The molecule has 2 aliphatic heterocycles. The van der Waals surface area contributed by atoms with E-state index in [1.54, 1.807) is 33.0 Å². The van der Waals surface area contributed by atoms with Gasteiger partial charge in [-0.3, -0.25) is 0 Å². The van der Waals surface area contributed by atoms with E-state index in [-0.39, 0.29) is 33.0 Å². The summed E-state index contributed by atoms with van der Waals surface area (Å²) in [6, 6.07) is 36.9. The summed E-state index contributed by atoms with van der Waals surface area (Å²) >= 11 is 0. The maximum absolute atomic E-state index is 11.7. The number of carbonyl (C=O) groups excluding carboxylic acids is 4. The van der Waals surface area contributed by atoms with Crippen molar-refractivity contribution in [1.29, 1.82) is 0 Å². The van der Waals surface area contributed by atoms with Crippen molar-refractivity contribution in [2.45, 2.75) is 38.5 Å². The third kappa shape index (κ3) is 4.57. The molecule has 0 spiro atoms. The van der Waals surface area contributed by atoms with E-state index in [0.29, 0.717) is 0 Å². The standard InChI is InChI=1S/C16H16.C16H10.C14H4O6/c2*1-3-11-7-9-13-5-2-6-14-10-8-12(4-1)15(11)16(13)14;15-11-5-1-2-6-10-8(14(18)20-12(6)16)4-3-7(9(5)10)13(17)19-11/h7-10H,1-6H2;1-10H;1-4H. The van der Waals surface area contributed by atoms with Crippen LogP contribution in [0.3, 0.4) is 0 Å². The van der Waals surface area contributed by atoms with Crippen molar-refractivity contribution in [1.82, 2.24) is 0 Å². The number of cyclic esters (lactones) is 4. The third-order valence-electron chi connectivity index (χ3n) is 11.1. The molecule has 0 fully saturated rings. The zero-order valence-electron chi connectivity index (χ0n) is 28.1. The average Bonchev–Trinajstić information content (AvgIpc) is 3.18. The Hall–Kier alpha value is -6.40. The van der Waals surface area contributed by atoms with Gasteiger partial charge in [0.15, 0.2) is 0 Å². The summed E-state index contributed by atoms with van der Waals surface area (Å²) in [7, 11) is 0. The molecular weight excluding hydrogens is 649 g/mol. The maximum atomic E-state index is 11.7. The van der Waals surface area contributed by atoms with Gasteiger partial charge in [-0.15, -0.1) is 0 Å². The summed E-state index contributed by atoms with van der Waals surface area (Å²) in [5.74, 6) is -3.18. The van der Waals surface area contributed by atoms with Gasteiger partial charge in [0, 0.05) is 10.8 Å². The van der Waals surface area contributed by atoms with Crippen LogP contribution in [0.2, 0.25) is 0 Å². The van der Waals surface area contributed by atoms with Gasteiger partial charge in [0.2, 0.25) is 0 Å². The molecule has 0 unspecified atom stereocenters. The van der Waals surface area contributed by atoms with Crippen LogP contribution in [0.25, 0.3) is 53.9 Å². The van der Waals surface area contributed by atoms with Crippen molar-refractivity contribution in [3.05, 3.63) is 154 Å². The highest BCUT2D eigenvalue weighted by atomic mass is 16.6. The minimum Gasteiger partial charge on any atom is -0.386 e. The van der Waals surface area contributed by atoms with Crippen molar-refractivity contribution < 1.29 is 28.7 Å². The molecule has 8 aromatic carbocycles. The quantitative estimate of drug-likeness (QED) is 0.0902. The molecule has 52 heavy (non-hydrogen) atoms. The smallest absolute Gasteiger partial charge is 0.346 e. The molecule has 2 heterocycles. The normalized spacial score (nSPS) is 15.3. The zero-order chi connectivity index (χ0) is 35.1. The fourth-order valence-electron chi connectivity index (χ4n) is 8.80. The summed E-state index contributed by atoms with van der Waals surface area (Å²) in [5.41, 5.74) is 7.02. The molecule has 6 heteroatoms. The molecule has 4 aliphatic rings. The minimum atomic E-state index is -0.794. The van der Waals surface area contributed by atoms with E-state index in [0.717, 1.165) is 0 Å². The number of benzene rings is 8. The lowest BCUT2D eigenvalue weighted by atomic mass is 9.81. The van der Waals surface area contributed by atoms with Gasteiger partial charge >= 0.3 is 23.9 Å². The van der Waals surface area contributed by atoms with Gasteiger partial charge in [-0.2, -0.15) is 0 Å². The Kier molecular flexibility index (Phi) is 6.77. The summed E-state index contributed by atoms with van der Waals surface area (Å²) in [5, 5.41) is 11.9. The lowest BCUT2D eigenvalue weighted by Crippen LogP contribution is -2.25. The topological polar surface area (TPSA) is 86.7 Å². The van der Waals surface area contributed by atoms with Gasteiger partial charge in [0.1, 0.15) is 0 Å². The number of aryl methyl sites for hydroxylation is 4. The van der Waals surface area contributed by atoms with Crippen molar-refractivity contribution in [2.75, 3.05) is 0 Å². The SMILES string of the molecule is O=C1OC(=O)c2ccc3c4c(ccc1c24)C(=O)OC3=O.c1cc2c3c(ccc4c3c1CCC4)CCC2.c1cc2ccc3cccc4ccc(c1)c2c34. The maximum Gasteiger partial charge on any atom is 0.346 e. The number of rotatable bonds is 0. The van der Waals surface area contributed by atoms with E-state index in [4.69, 9.17) is 0 Å². The van der Waals surface area contributed by atoms with Crippen molar-refractivity contribution in [3.8, 4) is 0 Å². The fraction of sp³-hybridized carbons (Fsp3) is 0.130. The summed E-state index contributed by atoms with van der Waals surface area (Å²) in [6.07, 6.45) is 7.81.